The first-order valence-electron chi connectivity index (χ1n) is 8.66. The van der Waals surface area contributed by atoms with E-state index in [1.54, 1.807) is 0 Å². The van der Waals surface area contributed by atoms with Crippen molar-refractivity contribution >= 4 is 0 Å². The summed E-state index contributed by atoms with van der Waals surface area (Å²) < 4.78 is 0. The lowest BCUT2D eigenvalue weighted by atomic mass is 9.73. The fraction of sp³-hybridized carbons (Fsp3) is 0.364. The van der Waals surface area contributed by atoms with Gasteiger partial charge in [0.15, 0.2) is 0 Å². The van der Waals surface area contributed by atoms with E-state index >= 15 is 0 Å². The Morgan fingerprint density at radius 1 is 1.00 bits per heavy atom. The largest absolute Gasteiger partial charge is 0.297 e. The molecule has 0 heterocycles. The van der Waals surface area contributed by atoms with Crippen molar-refractivity contribution in [3.05, 3.63) is 71.8 Å². The minimum Gasteiger partial charge on any atom is -0.297 e. The average Bonchev–Trinajstić information content (AvgIpc) is 2.62. The molecular formula is C22H25N. The van der Waals surface area contributed by atoms with Gasteiger partial charge in [-0.1, -0.05) is 80.1 Å². The van der Waals surface area contributed by atoms with Gasteiger partial charge in [0.05, 0.1) is 5.54 Å². The minimum absolute atomic E-state index is 0.0655. The summed E-state index contributed by atoms with van der Waals surface area (Å²) in [6.45, 7) is 3.23. The van der Waals surface area contributed by atoms with Gasteiger partial charge in [-0.05, 0) is 36.5 Å². The van der Waals surface area contributed by atoms with E-state index in [1.165, 1.54) is 24.8 Å². The molecule has 0 radical (unpaired) electrons. The molecule has 1 heteroatoms. The van der Waals surface area contributed by atoms with Crippen LogP contribution in [0.25, 0.3) is 0 Å². The summed E-state index contributed by atoms with van der Waals surface area (Å²) in [4.78, 5) is 0. The third kappa shape index (κ3) is 4.03. The summed E-state index contributed by atoms with van der Waals surface area (Å²) in [6.07, 6.45) is 4.98. The van der Waals surface area contributed by atoms with Gasteiger partial charge in [-0.25, -0.2) is 0 Å². The van der Waals surface area contributed by atoms with E-state index < -0.39 is 0 Å². The van der Waals surface area contributed by atoms with E-state index in [9.17, 15) is 0 Å². The highest BCUT2D eigenvalue weighted by Gasteiger charge is 2.36. The number of hydrogen-bond donors (Lipinski definition) is 1. The summed E-state index contributed by atoms with van der Waals surface area (Å²) in [7, 11) is 0. The first-order valence-corrected chi connectivity index (χ1v) is 8.66. The second-order valence-corrected chi connectivity index (χ2v) is 6.57. The Kier molecular flexibility index (Phi) is 5.16. The lowest BCUT2D eigenvalue weighted by Crippen LogP contribution is -2.50. The quantitative estimate of drug-likeness (QED) is 0.805. The molecule has 0 amide bonds. The van der Waals surface area contributed by atoms with Crippen molar-refractivity contribution in [2.45, 2.75) is 44.7 Å². The molecule has 3 rings (SSSR count). The average molecular weight is 303 g/mol. The second-order valence-electron chi connectivity index (χ2n) is 6.57. The Morgan fingerprint density at radius 3 is 2.39 bits per heavy atom. The molecule has 0 aromatic heterocycles. The van der Waals surface area contributed by atoms with Crippen LogP contribution >= 0.6 is 0 Å². The number of rotatable bonds is 3. The van der Waals surface area contributed by atoms with Gasteiger partial charge in [0.1, 0.15) is 0 Å². The van der Waals surface area contributed by atoms with Gasteiger partial charge in [0.25, 0.3) is 0 Å². The van der Waals surface area contributed by atoms with Crippen LogP contribution in [0.1, 0.15) is 43.7 Å². The molecule has 1 N–H and O–H groups in total. The molecule has 1 aliphatic carbocycles. The molecule has 23 heavy (non-hydrogen) atoms. The Morgan fingerprint density at radius 2 is 1.70 bits per heavy atom. The normalized spacial score (nSPS) is 23.8. The van der Waals surface area contributed by atoms with Crippen LogP contribution < -0.4 is 5.32 Å². The van der Waals surface area contributed by atoms with Crippen molar-refractivity contribution in [2.75, 3.05) is 0 Å². The monoisotopic (exact) mass is 303 g/mol. The van der Waals surface area contributed by atoms with Crippen molar-refractivity contribution in [1.29, 1.82) is 0 Å². The van der Waals surface area contributed by atoms with Crippen LogP contribution in [0.15, 0.2) is 60.7 Å². The van der Waals surface area contributed by atoms with Gasteiger partial charge in [0, 0.05) is 12.1 Å². The molecule has 0 aliphatic heterocycles. The van der Waals surface area contributed by atoms with Gasteiger partial charge < -0.3 is 0 Å². The number of hydrogen-bond acceptors (Lipinski definition) is 1. The summed E-state index contributed by atoms with van der Waals surface area (Å²) >= 11 is 0. The molecule has 118 valence electrons. The highest BCUT2D eigenvalue weighted by molar-refractivity contribution is 5.37. The van der Waals surface area contributed by atoms with Crippen LogP contribution in [-0.2, 0) is 6.54 Å². The standard InChI is InChI=1S/C22H25N/c1-19-10-8-9-16-22(19,17-15-20-11-4-2-5-12-20)23-18-21-13-6-3-7-14-21/h2-7,11-14,19,23H,8-10,16,18H2,1H3/t19-,22-/m1/s1. The lowest BCUT2D eigenvalue weighted by Gasteiger charge is -2.39. The van der Waals surface area contributed by atoms with Crippen molar-refractivity contribution < 1.29 is 0 Å². The molecule has 1 fully saturated rings. The maximum Gasteiger partial charge on any atom is 0.0833 e. The molecule has 0 saturated heterocycles. The molecule has 0 unspecified atom stereocenters. The topological polar surface area (TPSA) is 12.0 Å². The predicted molar refractivity (Wildman–Crippen MR) is 97.0 cm³/mol. The molecule has 1 nitrogen and oxygen atoms in total. The van der Waals surface area contributed by atoms with Crippen LogP contribution in [-0.4, -0.2) is 5.54 Å². The highest BCUT2D eigenvalue weighted by Crippen LogP contribution is 2.33. The third-order valence-corrected chi connectivity index (χ3v) is 4.95. The molecule has 0 bridgehead atoms. The molecule has 2 atom stereocenters. The SMILES string of the molecule is C[C@@H]1CCCC[C@]1(C#Cc1ccccc1)NCc1ccccc1. The van der Waals surface area contributed by atoms with E-state index in [0.717, 1.165) is 18.5 Å². The maximum absolute atomic E-state index is 3.80. The zero-order valence-corrected chi connectivity index (χ0v) is 13.9. The van der Waals surface area contributed by atoms with Crippen molar-refractivity contribution in [3.8, 4) is 11.8 Å². The molecular weight excluding hydrogens is 278 g/mol. The van der Waals surface area contributed by atoms with Crippen LogP contribution in [0.4, 0.5) is 0 Å². The second kappa shape index (κ2) is 7.49. The first kappa shape index (κ1) is 15.8. The summed E-state index contributed by atoms with van der Waals surface area (Å²) in [5, 5.41) is 3.80. The Balaban J connectivity index is 1.81. The van der Waals surface area contributed by atoms with Crippen LogP contribution in [0.3, 0.4) is 0 Å². The van der Waals surface area contributed by atoms with Gasteiger partial charge in [-0.15, -0.1) is 0 Å². The Bertz CT molecular complexity index is 665. The number of benzene rings is 2. The van der Waals surface area contributed by atoms with E-state index in [0.29, 0.717) is 5.92 Å². The van der Waals surface area contributed by atoms with Crippen molar-refractivity contribution in [2.24, 2.45) is 5.92 Å². The van der Waals surface area contributed by atoms with E-state index in [2.05, 4.69) is 78.7 Å². The fourth-order valence-electron chi connectivity index (χ4n) is 3.40. The zero-order valence-electron chi connectivity index (χ0n) is 13.9. The minimum atomic E-state index is -0.0655. The Hall–Kier alpha value is -2.04. The predicted octanol–water partition coefficient (Wildman–Crippen LogP) is 4.78. The summed E-state index contributed by atoms with van der Waals surface area (Å²) in [5.74, 6) is 7.60. The molecule has 2 aromatic carbocycles. The highest BCUT2D eigenvalue weighted by atomic mass is 15.0. The van der Waals surface area contributed by atoms with Crippen molar-refractivity contribution in [1.82, 2.24) is 5.32 Å². The van der Waals surface area contributed by atoms with E-state index in [1.807, 2.05) is 6.07 Å². The molecule has 1 aliphatic rings. The lowest BCUT2D eigenvalue weighted by molar-refractivity contribution is 0.213. The van der Waals surface area contributed by atoms with E-state index in [4.69, 9.17) is 0 Å². The van der Waals surface area contributed by atoms with Crippen molar-refractivity contribution in [3.63, 3.8) is 0 Å². The number of nitrogens with one attached hydrogen (secondary N) is 1. The Labute approximate surface area is 140 Å². The fourth-order valence-corrected chi connectivity index (χ4v) is 3.40. The van der Waals surface area contributed by atoms with Gasteiger partial charge in [0.2, 0.25) is 0 Å². The van der Waals surface area contributed by atoms with Gasteiger partial charge in [-0.2, -0.15) is 0 Å². The summed E-state index contributed by atoms with van der Waals surface area (Å²) in [6, 6.07) is 21.0. The van der Waals surface area contributed by atoms with Crippen LogP contribution in [0, 0.1) is 17.8 Å². The molecule has 0 spiro atoms. The van der Waals surface area contributed by atoms with Gasteiger partial charge >= 0.3 is 0 Å². The van der Waals surface area contributed by atoms with E-state index in [-0.39, 0.29) is 5.54 Å². The third-order valence-electron chi connectivity index (χ3n) is 4.95. The van der Waals surface area contributed by atoms with Crippen LogP contribution in [0.5, 0.6) is 0 Å². The first-order chi connectivity index (χ1) is 11.3. The zero-order chi connectivity index (χ0) is 16.0. The molecule has 1 saturated carbocycles. The maximum atomic E-state index is 3.80. The van der Waals surface area contributed by atoms with Gasteiger partial charge in [-0.3, -0.25) is 5.32 Å². The molecule has 2 aromatic rings. The summed E-state index contributed by atoms with van der Waals surface area (Å²) in [5.41, 5.74) is 2.36. The van der Waals surface area contributed by atoms with Crippen LogP contribution in [0.2, 0.25) is 0 Å². The smallest absolute Gasteiger partial charge is 0.0833 e.